The summed E-state index contributed by atoms with van der Waals surface area (Å²) in [6, 6.07) is 0. The molecule has 1 aromatic heterocycles. The Kier molecular flexibility index (Phi) is 6.87. The van der Waals surface area contributed by atoms with Gasteiger partial charge in [-0.25, -0.2) is 4.68 Å². The lowest BCUT2D eigenvalue weighted by Gasteiger charge is -2.10. The van der Waals surface area contributed by atoms with Crippen LogP contribution in [0, 0.1) is 5.92 Å². The van der Waals surface area contributed by atoms with Crippen LogP contribution in [0.25, 0.3) is 0 Å². The Hall–Kier alpha value is -1.07. The van der Waals surface area contributed by atoms with Gasteiger partial charge in [-0.15, -0.1) is 0 Å². The van der Waals surface area contributed by atoms with Crippen molar-refractivity contribution in [2.75, 3.05) is 25.1 Å². The second-order valence-electron chi connectivity index (χ2n) is 4.71. The summed E-state index contributed by atoms with van der Waals surface area (Å²) >= 11 is 5.98. The van der Waals surface area contributed by atoms with Gasteiger partial charge in [0, 0.05) is 19.7 Å². The molecule has 0 saturated heterocycles. The van der Waals surface area contributed by atoms with E-state index in [0.29, 0.717) is 31.3 Å². The second-order valence-corrected chi connectivity index (χ2v) is 5.09. The molecule has 1 aromatic rings. The smallest absolute Gasteiger partial charge is 0.287 e. The van der Waals surface area contributed by atoms with Gasteiger partial charge in [0.05, 0.1) is 18.5 Å². The first kappa shape index (κ1) is 16.0. The molecule has 0 saturated carbocycles. The third kappa shape index (κ3) is 5.20. The Bertz CT molecular complexity index is 446. The highest BCUT2D eigenvalue weighted by atomic mass is 35.5. The molecule has 1 N–H and O–H groups in total. The van der Waals surface area contributed by atoms with E-state index in [1.807, 2.05) is 6.92 Å². The van der Waals surface area contributed by atoms with Gasteiger partial charge < -0.3 is 10.1 Å². The average molecular weight is 288 g/mol. The van der Waals surface area contributed by atoms with Gasteiger partial charge in [-0.2, -0.15) is 5.10 Å². The molecule has 6 heteroatoms. The molecule has 0 aliphatic carbocycles. The van der Waals surface area contributed by atoms with E-state index in [1.54, 1.807) is 6.20 Å². The number of rotatable bonds is 8. The fraction of sp³-hybridized carbons (Fsp3) is 0.692. The van der Waals surface area contributed by atoms with Gasteiger partial charge in [0.2, 0.25) is 0 Å². The topological polar surface area (TPSA) is 56.1 Å². The number of hydrogen-bond acceptors (Lipinski definition) is 4. The molecule has 0 atom stereocenters. The fourth-order valence-corrected chi connectivity index (χ4v) is 1.71. The Balaban J connectivity index is 2.38. The molecule has 19 heavy (non-hydrogen) atoms. The monoisotopic (exact) mass is 287 g/mol. The minimum atomic E-state index is -0.269. The number of anilines is 1. The fourth-order valence-electron chi connectivity index (χ4n) is 1.49. The van der Waals surface area contributed by atoms with Crippen LogP contribution in [0.4, 0.5) is 5.69 Å². The van der Waals surface area contributed by atoms with E-state index in [9.17, 15) is 4.79 Å². The normalized spacial score (nSPS) is 11.0. The summed E-state index contributed by atoms with van der Waals surface area (Å²) in [5.74, 6) is 0.647. The van der Waals surface area contributed by atoms with Crippen molar-refractivity contribution in [2.45, 2.75) is 33.7 Å². The van der Waals surface area contributed by atoms with Crippen molar-refractivity contribution in [1.82, 2.24) is 9.78 Å². The first-order valence-electron chi connectivity index (χ1n) is 6.63. The van der Waals surface area contributed by atoms with E-state index in [-0.39, 0.29) is 10.6 Å². The van der Waals surface area contributed by atoms with E-state index < -0.39 is 0 Å². The van der Waals surface area contributed by atoms with Gasteiger partial charge in [0.15, 0.2) is 0 Å². The Morgan fingerprint density at radius 1 is 1.47 bits per heavy atom. The molecule has 0 bridgehead atoms. The molecule has 0 spiro atoms. The van der Waals surface area contributed by atoms with Crippen LogP contribution in [0.3, 0.4) is 0 Å². The molecular formula is C13H22ClN3O2. The number of nitrogens with zero attached hydrogens (tertiary/aromatic N) is 2. The van der Waals surface area contributed by atoms with Crippen LogP contribution in [0.2, 0.25) is 5.02 Å². The van der Waals surface area contributed by atoms with Crippen LogP contribution >= 0.6 is 11.6 Å². The summed E-state index contributed by atoms with van der Waals surface area (Å²) in [5, 5.41) is 7.25. The average Bonchev–Trinajstić information content (AvgIpc) is 2.38. The predicted octanol–water partition coefficient (Wildman–Crippen LogP) is 2.39. The lowest BCUT2D eigenvalue weighted by molar-refractivity contribution is 0.132. The predicted molar refractivity (Wildman–Crippen MR) is 77.9 cm³/mol. The highest BCUT2D eigenvalue weighted by Crippen LogP contribution is 2.14. The molecule has 0 aliphatic heterocycles. The van der Waals surface area contributed by atoms with Gasteiger partial charge in [-0.05, 0) is 19.3 Å². The zero-order valence-corrected chi connectivity index (χ0v) is 12.5. The number of aromatic nitrogens is 2. The summed E-state index contributed by atoms with van der Waals surface area (Å²) in [5.41, 5.74) is 0.290. The van der Waals surface area contributed by atoms with Gasteiger partial charge in [0.25, 0.3) is 5.56 Å². The molecule has 0 amide bonds. The maximum absolute atomic E-state index is 11.7. The minimum absolute atomic E-state index is 0.180. The summed E-state index contributed by atoms with van der Waals surface area (Å²) in [4.78, 5) is 11.7. The van der Waals surface area contributed by atoms with Crippen LogP contribution in [-0.2, 0) is 11.3 Å². The third-order valence-electron chi connectivity index (χ3n) is 2.69. The third-order valence-corrected chi connectivity index (χ3v) is 3.05. The molecule has 108 valence electrons. The Morgan fingerprint density at radius 2 is 2.21 bits per heavy atom. The van der Waals surface area contributed by atoms with Crippen LogP contribution in [0.5, 0.6) is 0 Å². The zero-order chi connectivity index (χ0) is 14.3. The molecule has 5 nitrogen and oxygen atoms in total. The zero-order valence-electron chi connectivity index (χ0n) is 11.8. The van der Waals surface area contributed by atoms with Crippen molar-refractivity contribution < 1.29 is 4.74 Å². The second kappa shape index (κ2) is 8.17. The quantitative estimate of drug-likeness (QED) is 0.746. The SMILES string of the molecule is CCn1ncc(NCCOCCC(C)C)c(Cl)c1=O. The van der Waals surface area contributed by atoms with E-state index in [1.165, 1.54) is 4.68 Å². The lowest BCUT2D eigenvalue weighted by Crippen LogP contribution is -2.24. The first-order chi connectivity index (χ1) is 9.06. The molecule has 0 fully saturated rings. The summed E-state index contributed by atoms with van der Waals surface area (Å²) in [6.45, 7) is 8.63. The minimum Gasteiger partial charge on any atom is -0.380 e. The van der Waals surface area contributed by atoms with Crippen LogP contribution in [-0.4, -0.2) is 29.5 Å². The van der Waals surface area contributed by atoms with Crippen molar-refractivity contribution in [1.29, 1.82) is 0 Å². The van der Waals surface area contributed by atoms with Gasteiger partial charge >= 0.3 is 0 Å². The number of aryl methyl sites for hydroxylation is 1. The van der Waals surface area contributed by atoms with Crippen LogP contribution < -0.4 is 10.9 Å². The van der Waals surface area contributed by atoms with Crippen LogP contribution in [0.15, 0.2) is 11.0 Å². The largest absolute Gasteiger partial charge is 0.380 e. The number of ether oxygens (including phenoxy) is 1. The lowest BCUT2D eigenvalue weighted by atomic mass is 10.1. The van der Waals surface area contributed by atoms with Crippen molar-refractivity contribution in [3.8, 4) is 0 Å². The Labute approximate surface area is 118 Å². The highest BCUT2D eigenvalue weighted by Gasteiger charge is 2.07. The van der Waals surface area contributed by atoms with E-state index in [2.05, 4.69) is 24.3 Å². The molecule has 0 aliphatic rings. The van der Waals surface area contributed by atoms with Crippen molar-refractivity contribution in [3.05, 3.63) is 21.6 Å². The summed E-state index contributed by atoms with van der Waals surface area (Å²) in [7, 11) is 0. The molecule has 0 aromatic carbocycles. The van der Waals surface area contributed by atoms with E-state index in [0.717, 1.165) is 13.0 Å². The van der Waals surface area contributed by atoms with Gasteiger partial charge in [0.1, 0.15) is 5.02 Å². The number of nitrogens with one attached hydrogen (secondary N) is 1. The summed E-state index contributed by atoms with van der Waals surface area (Å²) in [6.07, 6.45) is 2.62. The molecule has 0 radical (unpaired) electrons. The molecular weight excluding hydrogens is 266 g/mol. The van der Waals surface area contributed by atoms with Crippen molar-refractivity contribution in [2.24, 2.45) is 5.92 Å². The van der Waals surface area contributed by atoms with Gasteiger partial charge in [-0.1, -0.05) is 25.4 Å². The number of hydrogen-bond donors (Lipinski definition) is 1. The van der Waals surface area contributed by atoms with Crippen molar-refractivity contribution in [3.63, 3.8) is 0 Å². The van der Waals surface area contributed by atoms with Crippen LogP contribution in [0.1, 0.15) is 27.2 Å². The molecule has 1 rings (SSSR count). The maximum Gasteiger partial charge on any atom is 0.287 e. The molecule has 1 heterocycles. The maximum atomic E-state index is 11.7. The summed E-state index contributed by atoms with van der Waals surface area (Å²) < 4.78 is 6.80. The van der Waals surface area contributed by atoms with Crippen molar-refractivity contribution >= 4 is 17.3 Å². The molecule has 0 unspecified atom stereocenters. The standard InChI is InChI=1S/C13H22ClN3O2/c1-4-17-13(18)12(14)11(9-16-17)15-6-8-19-7-5-10(2)3/h9-10,15H,4-8H2,1-3H3. The Morgan fingerprint density at radius 3 is 2.84 bits per heavy atom. The van der Waals surface area contributed by atoms with E-state index >= 15 is 0 Å². The number of halogens is 1. The van der Waals surface area contributed by atoms with Gasteiger partial charge in [-0.3, -0.25) is 4.79 Å². The highest BCUT2D eigenvalue weighted by molar-refractivity contribution is 6.32. The van der Waals surface area contributed by atoms with E-state index in [4.69, 9.17) is 16.3 Å². The first-order valence-corrected chi connectivity index (χ1v) is 7.01.